The van der Waals surface area contributed by atoms with E-state index in [-0.39, 0.29) is 11.5 Å². The van der Waals surface area contributed by atoms with E-state index in [1.807, 2.05) is 19.9 Å². The van der Waals surface area contributed by atoms with E-state index in [4.69, 9.17) is 0 Å². The molecule has 0 saturated heterocycles. The van der Waals surface area contributed by atoms with E-state index in [2.05, 4.69) is 0 Å². The van der Waals surface area contributed by atoms with Crippen LogP contribution in [0.25, 0.3) is 0 Å². The Labute approximate surface area is 71.8 Å². The molecule has 0 saturated carbocycles. The van der Waals surface area contributed by atoms with Gasteiger partial charge in [-0.1, -0.05) is 6.07 Å². The Bertz CT molecular complexity index is 304. The molecule has 0 amide bonds. The monoisotopic (exact) mass is 164 g/mol. The van der Waals surface area contributed by atoms with Gasteiger partial charge < -0.3 is 5.11 Å². The first-order valence-corrected chi connectivity index (χ1v) is 3.83. The first-order chi connectivity index (χ1) is 5.52. The SMILES string of the molecule is CC(=O)c1c(C)cc(C)cc1O. The Kier molecular flexibility index (Phi) is 2.18. The van der Waals surface area contributed by atoms with Gasteiger partial charge in [-0.15, -0.1) is 0 Å². The highest BCUT2D eigenvalue weighted by atomic mass is 16.3. The van der Waals surface area contributed by atoms with Crippen LogP contribution in [0.15, 0.2) is 12.1 Å². The van der Waals surface area contributed by atoms with Gasteiger partial charge in [0.15, 0.2) is 5.78 Å². The Hall–Kier alpha value is -1.31. The Morgan fingerprint density at radius 3 is 2.33 bits per heavy atom. The number of phenols is 1. The second-order valence-corrected chi connectivity index (χ2v) is 3.03. The summed E-state index contributed by atoms with van der Waals surface area (Å²) in [7, 11) is 0. The molecule has 0 aliphatic rings. The van der Waals surface area contributed by atoms with E-state index >= 15 is 0 Å². The van der Waals surface area contributed by atoms with Crippen LogP contribution < -0.4 is 0 Å². The number of rotatable bonds is 1. The molecule has 2 heteroatoms. The molecule has 0 radical (unpaired) electrons. The summed E-state index contributed by atoms with van der Waals surface area (Å²) < 4.78 is 0. The van der Waals surface area contributed by atoms with E-state index in [0.717, 1.165) is 11.1 Å². The van der Waals surface area contributed by atoms with Crippen molar-refractivity contribution in [2.45, 2.75) is 20.8 Å². The lowest BCUT2D eigenvalue weighted by Crippen LogP contribution is -1.97. The van der Waals surface area contributed by atoms with E-state index in [1.54, 1.807) is 6.07 Å². The number of hydrogen-bond donors (Lipinski definition) is 1. The smallest absolute Gasteiger partial charge is 0.163 e. The second-order valence-electron chi connectivity index (χ2n) is 3.03. The first-order valence-electron chi connectivity index (χ1n) is 3.83. The second kappa shape index (κ2) is 2.97. The van der Waals surface area contributed by atoms with Crippen LogP contribution in [0.4, 0.5) is 0 Å². The number of carbonyl (C=O) groups excluding carboxylic acids is 1. The van der Waals surface area contributed by atoms with Crippen LogP contribution in [0, 0.1) is 13.8 Å². The molecule has 0 unspecified atom stereocenters. The molecule has 0 bridgehead atoms. The fraction of sp³-hybridized carbons (Fsp3) is 0.300. The summed E-state index contributed by atoms with van der Waals surface area (Å²) in [6.45, 7) is 5.16. The summed E-state index contributed by atoms with van der Waals surface area (Å²) in [6.07, 6.45) is 0. The van der Waals surface area contributed by atoms with Crippen LogP contribution >= 0.6 is 0 Å². The van der Waals surface area contributed by atoms with Gasteiger partial charge >= 0.3 is 0 Å². The molecule has 0 heterocycles. The minimum Gasteiger partial charge on any atom is -0.507 e. The van der Waals surface area contributed by atoms with Gasteiger partial charge in [-0.3, -0.25) is 4.79 Å². The standard InChI is InChI=1S/C10H12O2/c1-6-4-7(2)10(8(3)11)9(12)5-6/h4-5,12H,1-3H3. The lowest BCUT2D eigenvalue weighted by Gasteiger charge is -2.05. The van der Waals surface area contributed by atoms with Crippen molar-refractivity contribution < 1.29 is 9.90 Å². The van der Waals surface area contributed by atoms with Gasteiger partial charge in [0.05, 0.1) is 5.56 Å². The molecule has 0 aromatic heterocycles. The number of aryl methyl sites for hydroxylation is 2. The van der Waals surface area contributed by atoms with Gasteiger partial charge in [0.1, 0.15) is 5.75 Å². The van der Waals surface area contributed by atoms with Gasteiger partial charge in [0, 0.05) is 0 Å². The van der Waals surface area contributed by atoms with Gasteiger partial charge in [0.2, 0.25) is 0 Å². The molecule has 0 atom stereocenters. The molecule has 0 spiro atoms. The predicted molar refractivity (Wildman–Crippen MR) is 47.6 cm³/mol. The molecule has 1 aromatic rings. The van der Waals surface area contributed by atoms with Crippen LogP contribution in [0.5, 0.6) is 5.75 Å². The third-order valence-corrected chi connectivity index (χ3v) is 1.81. The maximum atomic E-state index is 11.0. The summed E-state index contributed by atoms with van der Waals surface area (Å²) >= 11 is 0. The maximum absolute atomic E-state index is 11.0. The van der Waals surface area contributed by atoms with Crippen molar-refractivity contribution in [2.24, 2.45) is 0 Å². The fourth-order valence-electron chi connectivity index (χ4n) is 1.40. The molecular weight excluding hydrogens is 152 g/mol. The lowest BCUT2D eigenvalue weighted by atomic mass is 10.0. The third-order valence-electron chi connectivity index (χ3n) is 1.81. The molecule has 1 rings (SSSR count). The van der Waals surface area contributed by atoms with E-state index in [0.29, 0.717) is 5.56 Å². The maximum Gasteiger partial charge on any atom is 0.163 e. The number of hydrogen-bond acceptors (Lipinski definition) is 2. The Morgan fingerprint density at radius 2 is 1.92 bits per heavy atom. The van der Waals surface area contributed by atoms with Crippen molar-refractivity contribution >= 4 is 5.78 Å². The first kappa shape index (κ1) is 8.78. The molecule has 1 aromatic carbocycles. The highest BCUT2D eigenvalue weighted by molar-refractivity contribution is 5.98. The van der Waals surface area contributed by atoms with Crippen LogP contribution in [-0.4, -0.2) is 10.9 Å². The lowest BCUT2D eigenvalue weighted by molar-refractivity contribution is 0.101. The van der Waals surface area contributed by atoms with Crippen molar-refractivity contribution in [3.05, 3.63) is 28.8 Å². The number of carbonyl (C=O) groups is 1. The van der Waals surface area contributed by atoms with Crippen molar-refractivity contribution in [2.75, 3.05) is 0 Å². The van der Waals surface area contributed by atoms with E-state index in [1.165, 1.54) is 6.92 Å². The van der Waals surface area contributed by atoms with Crippen LogP contribution in [-0.2, 0) is 0 Å². The van der Waals surface area contributed by atoms with Crippen molar-refractivity contribution in [3.63, 3.8) is 0 Å². The van der Waals surface area contributed by atoms with E-state index < -0.39 is 0 Å². The normalized spacial score (nSPS) is 9.92. The molecule has 12 heavy (non-hydrogen) atoms. The third kappa shape index (κ3) is 1.47. The summed E-state index contributed by atoms with van der Waals surface area (Å²) in [5, 5.41) is 9.42. The van der Waals surface area contributed by atoms with Crippen LogP contribution in [0.2, 0.25) is 0 Å². The van der Waals surface area contributed by atoms with Gasteiger partial charge in [0.25, 0.3) is 0 Å². The summed E-state index contributed by atoms with van der Waals surface area (Å²) in [6, 6.07) is 3.49. The largest absolute Gasteiger partial charge is 0.507 e. The zero-order valence-corrected chi connectivity index (χ0v) is 7.51. The molecule has 0 fully saturated rings. The van der Waals surface area contributed by atoms with Crippen molar-refractivity contribution in [3.8, 4) is 5.75 Å². The highest BCUT2D eigenvalue weighted by Crippen LogP contribution is 2.22. The summed E-state index contributed by atoms with van der Waals surface area (Å²) in [4.78, 5) is 11.0. The zero-order valence-electron chi connectivity index (χ0n) is 7.51. The van der Waals surface area contributed by atoms with Crippen LogP contribution in [0.1, 0.15) is 28.4 Å². The van der Waals surface area contributed by atoms with Gasteiger partial charge in [-0.05, 0) is 38.0 Å². The van der Waals surface area contributed by atoms with Gasteiger partial charge in [-0.25, -0.2) is 0 Å². The molecule has 0 aliphatic heterocycles. The van der Waals surface area contributed by atoms with Crippen LogP contribution in [0.3, 0.4) is 0 Å². The molecule has 0 aliphatic carbocycles. The number of benzene rings is 1. The average molecular weight is 164 g/mol. The average Bonchev–Trinajstić information content (AvgIpc) is 1.82. The number of Topliss-reactive ketones (excluding diaryl/α,β-unsaturated/α-hetero) is 1. The quantitative estimate of drug-likeness (QED) is 0.646. The zero-order chi connectivity index (χ0) is 9.30. The Morgan fingerprint density at radius 1 is 1.33 bits per heavy atom. The number of phenolic OH excluding ortho intramolecular Hbond substituents is 1. The summed E-state index contributed by atoms with van der Waals surface area (Å²) in [5.41, 5.74) is 2.23. The Balaban J connectivity index is 3.38. The van der Waals surface area contributed by atoms with E-state index in [9.17, 15) is 9.90 Å². The number of aromatic hydroxyl groups is 1. The number of ketones is 1. The minimum atomic E-state index is -0.0926. The van der Waals surface area contributed by atoms with Crippen molar-refractivity contribution in [1.82, 2.24) is 0 Å². The predicted octanol–water partition coefficient (Wildman–Crippen LogP) is 2.21. The molecule has 2 nitrogen and oxygen atoms in total. The molecular formula is C10H12O2. The van der Waals surface area contributed by atoms with Crippen molar-refractivity contribution in [1.29, 1.82) is 0 Å². The minimum absolute atomic E-state index is 0.0833. The fourth-order valence-corrected chi connectivity index (χ4v) is 1.40. The molecule has 1 N–H and O–H groups in total. The highest BCUT2D eigenvalue weighted by Gasteiger charge is 2.09. The summed E-state index contributed by atoms with van der Waals surface area (Å²) in [5.74, 6) is -0.00926. The van der Waals surface area contributed by atoms with Gasteiger partial charge in [-0.2, -0.15) is 0 Å². The topological polar surface area (TPSA) is 37.3 Å². The molecule has 64 valence electrons.